The van der Waals surface area contributed by atoms with Gasteiger partial charge in [0.05, 0.1) is 29.0 Å². The van der Waals surface area contributed by atoms with Crippen molar-refractivity contribution < 1.29 is 28.9 Å². The Morgan fingerprint density at radius 1 is 1.23 bits per heavy atom. The van der Waals surface area contributed by atoms with Gasteiger partial charge in [-0.1, -0.05) is 6.92 Å². The van der Waals surface area contributed by atoms with Gasteiger partial charge >= 0.3 is 11.9 Å². The van der Waals surface area contributed by atoms with Crippen LogP contribution >= 0.6 is 0 Å². The van der Waals surface area contributed by atoms with Crippen molar-refractivity contribution in [2.45, 2.75) is 58.5 Å². The number of esters is 2. The van der Waals surface area contributed by atoms with Gasteiger partial charge in [0.25, 0.3) is 5.56 Å². The van der Waals surface area contributed by atoms with Crippen LogP contribution in [0.2, 0.25) is 0 Å². The molecule has 182 valence electrons. The number of carbonyl (C=O) groups is 2. The van der Waals surface area contributed by atoms with Crippen LogP contribution in [0.1, 0.15) is 50.8 Å². The fraction of sp³-hybridized carbons (Fsp3) is 0.385. The summed E-state index contributed by atoms with van der Waals surface area (Å²) in [7, 11) is 0. The number of fused-ring (bicyclic) bond motifs is 5. The van der Waals surface area contributed by atoms with E-state index in [0.29, 0.717) is 29.2 Å². The molecule has 0 bridgehead atoms. The van der Waals surface area contributed by atoms with E-state index >= 15 is 0 Å². The molecule has 2 aliphatic heterocycles. The summed E-state index contributed by atoms with van der Waals surface area (Å²) >= 11 is 0. The van der Waals surface area contributed by atoms with E-state index in [9.17, 15) is 19.5 Å². The summed E-state index contributed by atoms with van der Waals surface area (Å²) in [5.74, 6) is -0.713. The maximum Gasteiger partial charge on any atom is 0.344 e. The zero-order chi connectivity index (χ0) is 25.1. The molecule has 0 radical (unpaired) electrons. The Morgan fingerprint density at radius 3 is 2.71 bits per heavy atom. The second-order valence-electron chi connectivity index (χ2n) is 9.83. The molecule has 0 fully saturated rings. The van der Waals surface area contributed by atoms with Crippen LogP contribution in [0, 0.1) is 0 Å². The predicted octanol–water partition coefficient (Wildman–Crippen LogP) is 2.80. The lowest BCUT2D eigenvalue weighted by Crippen LogP contribution is -2.44. The van der Waals surface area contributed by atoms with Crippen molar-refractivity contribution in [3.05, 3.63) is 57.4 Å². The average Bonchev–Trinajstić information content (AvgIpc) is 3.15. The highest BCUT2D eigenvalue weighted by Gasteiger charge is 2.45. The summed E-state index contributed by atoms with van der Waals surface area (Å²) in [4.78, 5) is 42.3. The molecule has 2 aromatic heterocycles. The molecule has 0 aliphatic carbocycles. The topological polar surface area (TPSA) is 117 Å². The van der Waals surface area contributed by atoms with Gasteiger partial charge in [0.15, 0.2) is 12.2 Å². The first-order valence-corrected chi connectivity index (χ1v) is 11.5. The van der Waals surface area contributed by atoms with Gasteiger partial charge in [-0.3, -0.25) is 4.79 Å². The predicted molar refractivity (Wildman–Crippen MR) is 126 cm³/mol. The van der Waals surface area contributed by atoms with E-state index < -0.39 is 23.1 Å². The van der Waals surface area contributed by atoms with Crippen LogP contribution in [0.15, 0.2) is 35.1 Å². The number of aliphatic hydroxyl groups is 1. The molecule has 5 rings (SSSR count). The van der Waals surface area contributed by atoms with Crippen LogP contribution in [0.5, 0.6) is 5.75 Å². The van der Waals surface area contributed by atoms with Crippen LogP contribution in [0.4, 0.5) is 0 Å². The molecule has 1 N–H and O–H groups in total. The Hall–Kier alpha value is -3.72. The summed E-state index contributed by atoms with van der Waals surface area (Å²) in [6.45, 7) is 6.97. The summed E-state index contributed by atoms with van der Waals surface area (Å²) in [6.07, 6.45) is 0.0891. The number of hydrogen-bond acceptors (Lipinski definition) is 8. The monoisotopic (exact) mass is 478 g/mol. The van der Waals surface area contributed by atoms with Crippen LogP contribution < -0.4 is 10.3 Å². The second kappa shape index (κ2) is 7.91. The quantitative estimate of drug-likeness (QED) is 0.445. The smallest absolute Gasteiger partial charge is 0.344 e. The first-order chi connectivity index (χ1) is 16.5. The van der Waals surface area contributed by atoms with E-state index in [1.165, 1.54) is 0 Å². The van der Waals surface area contributed by atoms with Gasteiger partial charge in [-0.25, -0.2) is 14.6 Å². The first-order valence-electron chi connectivity index (χ1n) is 11.5. The van der Waals surface area contributed by atoms with E-state index in [0.717, 1.165) is 10.9 Å². The number of benzene rings is 1. The minimum atomic E-state index is -1.86. The molecule has 0 unspecified atom stereocenters. The molecule has 9 heteroatoms. The Kier molecular flexibility index (Phi) is 5.21. The number of nitrogens with zero attached hydrogens (tertiary/aromatic N) is 2. The van der Waals surface area contributed by atoms with Gasteiger partial charge < -0.3 is 23.9 Å². The van der Waals surface area contributed by atoms with Crippen LogP contribution in [0.25, 0.3) is 22.3 Å². The summed E-state index contributed by atoms with van der Waals surface area (Å²) in [5.41, 5.74) is 0.497. The Morgan fingerprint density at radius 2 is 2.00 bits per heavy atom. The first kappa shape index (κ1) is 23.0. The van der Waals surface area contributed by atoms with E-state index in [1.54, 1.807) is 56.5 Å². The number of carbonyl (C=O) groups excluding carboxylic acids is 2. The highest BCUT2D eigenvalue weighted by atomic mass is 16.6. The van der Waals surface area contributed by atoms with Crippen molar-refractivity contribution >= 4 is 22.8 Å². The number of aromatic nitrogens is 2. The van der Waals surface area contributed by atoms with Gasteiger partial charge in [0.2, 0.25) is 0 Å². The number of ether oxygens (including phenoxy) is 3. The molecule has 0 amide bonds. The third-order valence-corrected chi connectivity index (χ3v) is 6.26. The largest absolute Gasteiger partial charge is 0.482 e. The van der Waals surface area contributed by atoms with Crippen molar-refractivity contribution in [2.24, 2.45) is 0 Å². The van der Waals surface area contributed by atoms with Crippen LogP contribution in [-0.4, -0.2) is 38.8 Å². The Balaban J connectivity index is 1.50. The van der Waals surface area contributed by atoms with E-state index in [4.69, 9.17) is 19.2 Å². The molecule has 0 spiro atoms. The highest BCUT2D eigenvalue weighted by molar-refractivity contribution is 5.87. The van der Waals surface area contributed by atoms with Crippen molar-refractivity contribution in [3.63, 3.8) is 0 Å². The molecule has 0 saturated heterocycles. The van der Waals surface area contributed by atoms with E-state index in [2.05, 4.69) is 0 Å². The second-order valence-corrected chi connectivity index (χ2v) is 9.83. The maximum absolute atomic E-state index is 13.2. The lowest BCUT2D eigenvalue weighted by atomic mass is 9.86. The van der Waals surface area contributed by atoms with Crippen molar-refractivity contribution in [1.82, 2.24) is 9.55 Å². The lowest BCUT2D eigenvalue weighted by molar-refractivity contribution is -0.172. The van der Waals surface area contributed by atoms with E-state index in [1.807, 2.05) is 6.07 Å². The molecule has 2 aliphatic rings. The van der Waals surface area contributed by atoms with Crippen LogP contribution in [-0.2, 0) is 37.8 Å². The van der Waals surface area contributed by atoms with Gasteiger partial charge in [-0.15, -0.1) is 0 Å². The number of hydrogen-bond donors (Lipinski definition) is 1. The third-order valence-electron chi connectivity index (χ3n) is 6.26. The lowest BCUT2D eigenvalue weighted by Gasteiger charge is -2.31. The van der Waals surface area contributed by atoms with Crippen molar-refractivity contribution in [1.29, 1.82) is 0 Å². The molecule has 0 saturated carbocycles. The summed E-state index contributed by atoms with van der Waals surface area (Å²) in [5, 5.41) is 11.8. The SMILES string of the molecule is CC[C@@]1(O)C(=O)OCc2c1cc1n(c2=O)Cc2cc3cc(OCC(=O)OC(C)(C)C)ccc3nc2-1. The van der Waals surface area contributed by atoms with E-state index in [-0.39, 0.29) is 36.3 Å². The zero-order valence-electron chi connectivity index (χ0n) is 20.0. The maximum atomic E-state index is 13.2. The van der Waals surface area contributed by atoms with Gasteiger partial charge in [0, 0.05) is 16.5 Å². The Labute approximate surface area is 201 Å². The molecule has 1 atom stereocenters. The number of cyclic esters (lactones) is 1. The summed E-state index contributed by atoms with van der Waals surface area (Å²) in [6, 6.07) is 8.89. The Bertz CT molecular complexity index is 1450. The van der Waals surface area contributed by atoms with Gasteiger partial charge in [-0.2, -0.15) is 0 Å². The van der Waals surface area contributed by atoms with Crippen molar-refractivity contribution in [3.8, 4) is 17.1 Å². The highest BCUT2D eigenvalue weighted by Crippen LogP contribution is 2.38. The average molecular weight is 479 g/mol. The molecule has 9 nitrogen and oxygen atoms in total. The zero-order valence-corrected chi connectivity index (χ0v) is 20.0. The number of rotatable bonds is 4. The normalized spacial score (nSPS) is 18.5. The summed E-state index contributed by atoms with van der Waals surface area (Å²) < 4.78 is 17.6. The fourth-order valence-electron chi connectivity index (χ4n) is 4.57. The third kappa shape index (κ3) is 3.85. The molecule has 3 aromatic rings. The minimum Gasteiger partial charge on any atom is -0.482 e. The fourth-order valence-corrected chi connectivity index (χ4v) is 4.57. The molecule has 4 heterocycles. The van der Waals surface area contributed by atoms with Gasteiger partial charge in [-0.05, 0) is 57.5 Å². The molecule has 1 aromatic carbocycles. The molecule has 35 heavy (non-hydrogen) atoms. The number of pyridine rings is 2. The standard InChI is InChI=1S/C26H26N2O7/c1-5-26(32)18-10-20-22-15(11-28(20)23(30)17(18)12-34-24(26)31)8-14-9-16(6-7-19(14)27-22)33-13-21(29)35-25(2,3)4/h6-10,32H,5,11-13H2,1-4H3/t26-/m0/s1. The minimum absolute atomic E-state index is 0.0891. The molecular weight excluding hydrogens is 452 g/mol. The molecular formula is C26H26N2O7. The van der Waals surface area contributed by atoms with Crippen LogP contribution in [0.3, 0.4) is 0 Å². The van der Waals surface area contributed by atoms with Crippen molar-refractivity contribution in [2.75, 3.05) is 6.61 Å². The van der Waals surface area contributed by atoms with Gasteiger partial charge in [0.1, 0.15) is 18.0 Å².